The zero-order chi connectivity index (χ0) is 12.2. The normalized spacial score (nSPS) is 24.8. The van der Waals surface area contributed by atoms with Crippen LogP contribution in [0.5, 0.6) is 0 Å². The molecule has 1 aliphatic rings. The summed E-state index contributed by atoms with van der Waals surface area (Å²) in [4.78, 5) is 0. The first kappa shape index (κ1) is 13.9. The smallest absolute Gasteiger partial charge is 0.215 e. The van der Waals surface area contributed by atoms with Crippen molar-refractivity contribution in [3.05, 3.63) is 0 Å². The lowest BCUT2D eigenvalue weighted by Gasteiger charge is -2.17. The second-order valence-corrected chi connectivity index (χ2v) is 6.41. The lowest BCUT2D eigenvalue weighted by atomic mass is 10.0. The zero-order valence-electron chi connectivity index (χ0n) is 10.0. The van der Waals surface area contributed by atoms with Gasteiger partial charge in [0.05, 0.1) is 11.9 Å². The molecule has 2 unspecified atom stereocenters. The van der Waals surface area contributed by atoms with E-state index in [0.29, 0.717) is 19.6 Å². The van der Waals surface area contributed by atoms with Gasteiger partial charge in [0, 0.05) is 19.6 Å². The summed E-state index contributed by atoms with van der Waals surface area (Å²) in [7, 11) is -3.14. The quantitative estimate of drug-likeness (QED) is 0.631. The van der Waals surface area contributed by atoms with Crippen LogP contribution in [0.4, 0.5) is 0 Å². The van der Waals surface area contributed by atoms with Crippen LogP contribution < -0.4 is 5.32 Å². The Morgan fingerprint density at radius 3 is 2.75 bits per heavy atom. The number of hydrogen-bond donors (Lipinski definition) is 2. The second kappa shape index (κ2) is 5.95. The average molecular weight is 250 g/mol. The average Bonchev–Trinajstić information content (AvgIpc) is 2.67. The summed E-state index contributed by atoms with van der Waals surface area (Å²) >= 11 is 0. The first-order valence-corrected chi connectivity index (χ1v) is 7.45. The van der Waals surface area contributed by atoms with E-state index in [0.717, 1.165) is 13.0 Å². The van der Waals surface area contributed by atoms with Crippen LogP contribution in [0.2, 0.25) is 0 Å². The molecule has 1 heterocycles. The number of aliphatic hydroxyl groups is 1. The van der Waals surface area contributed by atoms with Gasteiger partial charge in [-0.15, -0.1) is 0 Å². The molecule has 0 amide bonds. The van der Waals surface area contributed by atoms with Gasteiger partial charge in [-0.1, -0.05) is 6.92 Å². The van der Waals surface area contributed by atoms with Gasteiger partial charge in [-0.2, -0.15) is 0 Å². The van der Waals surface area contributed by atoms with Crippen LogP contribution in [0.25, 0.3) is 0 Å². The number of sulfonamides is 1. The minimum atomic E-state index is -3.14. The Kier molecular flexibility index (Phi) is 5.17. The molecule has 1 saturated heterocycles. The molecule has 0 spiro atoms. The Morgan fingerprint density at radius 1 is 1.56 bits per heavy atom. The molecule has 0 radical (unpaired) electrons. The fourth-order valence-corrected chi connectivity index (χ4v) is 3.37. The summed E-state index contributed by atoms with van der Waals surface area (Å²) in [5.41, 5.74) is 0. The maximum atomic E-state index is 11.9. The molecule has 0 aliphatic carbocycles. The van der Waals surface area contributed by atoms with Gasteiger partial charge in [-0.05, 0) is 25.8 Å². The maximum Gasteiger partial charge on any atom is 0.215 e. The molecular formula is C10H22N2O3S. The summed E-state index contributed by atoms with van der Waals surface area (Å²) < 4.78 is 25.3. The Morgan fingerprint density at radius 2 is 2.25 bits per heavy atom. The third-order valence-electron chi connectivity index (χ3n) is 3.05. The van der Waals surface area contributed by atoms with Crippen molar-refractivity contribution in [3.8, 4) is 0 Å². The summed E-state index contributed by atoms with van der Waals surface area (Å²) in [5, 5.41) is 12.4. The predicted octanol–water partition coefficient (Wildman–Crippen LogP) is -0.372. The molecule has 2 atom stereocenters. The SMILES string of the molecule is CCNCCS(=O)(=O)N1CCC(C(C)O)C1. The van der Waals surface area contributed by atoms with Crippen molar-refractivity contribution in [1.82, 2.24) is 9.62 Å². The molecule has 0 bridgehead atoms. The summed E-state index contributed by atoms with van der Waals surface area (Å²) in [6, 6.07) is 0. The minimum Gasteiger partial charge on any atom is -0.393 e. The van der Waals surface area contributed by atoms with Gasteiger partial charge in [-0.25, -0.2) is 12.7 Å². The molecule has 16 heavy (non-hydrogen) atoms. The van der Waals surface area contributed by atoms with E-state index in [2.05, 4.69) is 5.32 Å². The van der Waals surface area contributed by atoms with Crippen LogP contribution in [0, 0.1) is 5.92 Å². The van der Waals surface area contributed by atoms with Gasteiger partial charge in [0.15, 0.2) is 0 Å². The number of nitrogens with zero attached hydrogens (tertiary/aromatic N) is 1. The summed E-state index contributed by atoms with van der Waals surface area (Å²) in [6.07, 6.45) is 0.340. The van der Waals surface area contributed by atoms with Crippen molar-refractivity contribution in [3.63, 3.8) is 0 Å². The van der Waals surface area contributed by atoms with Gasteiger partial charge in [0.2, 0.25) is 10.0 Å². The third-order valence-corrected chi connectivity index (χ3v) is 4.89. The van der Waals surface area contributed by atoms with Gasteiger partial charge in [0.1, 0.15) is 0 Å². The molecule has 0 aromatic rings. The molecule has 6 heteroatoms. The van der Waals surface area contributed by atoms with E-state index >= 15 is 0 Å². The van der Waals surface area contributed by atoms with Crippen molar-refractivity contribution >= 4 is 10.0 Å². The van der Waals surface area contributed by atoms with Gasteiger partial charge in [-0.3, -0.25) is 0 Å². The Hall–Kier alpha value is -0.170. The van der Waals surface area contributed by atoms with Crippen molar-refractivity contribution in [1.29, 1.82) is 0 Å². The molecule has 0 aromatic carbocycles. The molecule has 2 N–H and O–H groups in total. The largest absolute Gasteiger partial charge is 0.393 e. The van der Waals surface area contributed by atoms with Crippen LogP contribution in [0.1, 0.15) is 20.3 Å². The zero-order valence-corrected chi connectivity index (χ0v) is 10.8. The molecule has 0 saturated carbocycles. The lowest BCUT2D eigenvalue weighted by Crippen LogP contribution is -2.35. The topological polar surface area (TPSA) is 69.6 Å². The Balaban J connectivity index is 2.45. The van der Waals surface area contributed by atoms with Crippen molar-refractivity contribution in [2.75, 3.05) is 31.9 Å². The van der Waals surface area contributed by atoms with Crippen LogP contribution in [-0.4, -0.2) is 55.9 Å². The van der Waals surface area contributed by atoms with E-state index < -0.39 is 16.1 Å². The van der Waals surface area contributed by atoms with E-state index in [1.165, 1.54) is 4.31 Å². The summed E-state index contributed by atoms with van der Waals surface area (Å²) in [6.45, 7) is 5.96. The number of hydrogen-bond acceptors (Lipinski definition) is 4. The van der Waals surface area contributed by atoms with Crippen LogP contribution in [0.3, 0.4) is 0 Å². The highest BCUT2D eigenvalue weighted by atomic mass is 32.2. The first-order chi connectivity index (χ1) is 7.47. The third kappa shape index (κ3) is 3.69. The van der Waals surface area contributed by atoms with Crippen molar-refractivity contribution < 1.29 is 13.5 Å². The minimum absolute atomic E-state index is 0.0916. The second-order valence-electron chi connectivity index (χ2n) is 4.32. The fourth-order valence-electron chi connectivity index (χ4n) is 1.91. The van der Waals surface area contributed by atoms with E-state index in [4.69, 9.17) is 0 Å². The highest BCUT2D eigenvalue weighted by molar-refractivity contribution is 7.89. The monoisotopic (exact) mass is 250 g/mol. The van der Waals surface area contributed by atoms with E-state index in [1.54, 1.807) is 6.92 Å². The molecule has 96 valence electrons. The maximum absolute atomic E-state index is 11.9. The molecule has 1 aliphatic heterocycles. The summed E-state index contributed by atoms with van der Waals surface area (Å²) in [5.74, 6) is 0.238. The van der Waals surface area contributed by atoms with Crippen LogP contribution in [0.15, 0.2) is 0 Å². The molecule has 5 nitrogen and oxygen atoms in total. The van der Waals surface area contributed by atoms with Gasteiger partial charge in [0.25, 0.3) is 0 Å². The van der Waals surface area contributed by atoms with E-state index in [1.807, 2.05) is 6.92 Å². The highest BCUT2D eigenvalue weighted by Gasteiger charge is 2.32. The number of nitrogens with one attached hydrogen (secondary N) is 1. The molecule has 0 aromatic heterocycles. The first-order valence-electron chi connectivity index (χ1n) is 5.84. The van der Waals surface area contributed by atoms with Crippen LogP contribution in [-0.2, 0) is 10.0 Å². The number of aliphatic hydroxyl groups excluding tert-OH is 1. The molecule has 1 rings (SSSR count). The highest BCUT2D eigenvalue weighted by Crippen LogP contribution is 2.22. The molecular weight excluding hydrogens is 228 g/mol. The Labute approximate surface area is 97.9 Å². The lowest BCUT2D eigenvalue weighted by molar-refractivity contribution is 0.133. The molecule has 1 fully saturated rings. The predicted molar refractivity (Wildman–Crippen MR) is 63.7 cm³/mol. The van der Waals surface area contributed by atoms with Crippen molar-refractivity contribution in [2.24, 2.45) is 5.92 Å². The fraction of sp³-hybridized carbons (Fsp3) is 1.00. The van der Waals surface area contributed by atoms with Crippen LogP contribution >= 0.6 is 0 Å². The van der Waals surface area contributed by atoms with E-state index in [9.17, 15) is 13.5 Å². The number of rotatable bonds is 6. The van der Waals surface area contributed by atoms with Gasteiger partial charge >= 0.3 is 0 Å². The Bertz CT molecular complexity index is 303. The van der Waals surface area contributed by atoms with Crippen molar-refractivity contribution in [2.45, 2.75) is 26.4 Å². The van der Waals surface area contributed by atoms with E-state index in [-0.39, 0.29) is 11.7 Å². The van der Waals surface area contributed by atoms with Gasteiger partial charge < -0.3 is 10.4 Å². The standard InChI is InChI=1S/C10H22N2O3S/c1-3-11-5-7-16(14,15)12-6-4-10(8-12)9(2)13/h9-11,13H,3-8H2,1-2H3.